The molecule has 1 atom stereocenters. The Morgan fingerprint density at radius 2 is 2.17 bits per heavy atom. The Balaban J connectivity index is 2.94. The van der Waals surface area contributed by atoms with Gasteiger partial charge in [-0.05, 0) is 20.8 Å². The van der Waals surface area contributed by atoms with E-state index in [-0.39, 0.29) is 6.04 Å². The van der Waals surface area contributed by atoms with Crippen LogP contribution >= 0.6 is 0 Å². The molecule has 0 fully saturated rings. The molecule has 5 nitrogen and oxygen atoms in total. The standard InChI is InChI=1S/C13H26N4O/c1-10(2)17(6-7-18-5)13(8-14)12-9-16(4)15-11(12)3/h9-10,13H,6-8,14H2,1-5H3. The van der Waals surface area contributed by atoms with Crippen molar-refractivity contribution >= 4 is 0 Å². The summed E-state index contributed by atoms with van der Waals surface area (Å²) >= 11 is 0. The van der Waals surface area contributed by atoms with Crippen molar-refractivity contribution in [3.05, 3.63) is 17.5 Å². The summed E-state index contributed by atoms with van der Waals surface area (Å²) in [6.07, 6.45) is 2.06. The van der Waals surface area contributed by atoms with Crippen molar-refractivity contribution < 1.29 is 4.74 Å². The van der Waals surface area contributed by atoms with Crippen LogP contribution in [-0.4, -0.2) is 47.5 Å². The molecule has 0 aliphatic rings. The first-order valence-electron chi connectivity index (χ1n) is 6.46. The molecule has 0 aliphatic carbocycles. The van der Waals surface area contributed by atoms with Crippen molar-refractivity contribution in [2.24, 2.45) is 12.8 Å². The van der Waals surface area contributed by atoms with Crippen LogP contribution in [0.15, 0.2) is 6.20 Å². The number of nitrogens with zero attached hydrogens (tertiary/aromatic N) is 3. The fraction of sp³-hybridized carbons (Fsp3) is 0.769. The largest absolute Gasteiger partial charge is 0.383 e. The third kappa shape index (κ3) is 3.54. The molecule has 1 aromatic rings. The van der Waals surface area contributed by atoms with E-state index < -0.39 is 0 Å². The fourth-order valence-electron chi connectivity index (χ4n) is 2.36. The average molecular weight is 254 g/mol. The number of hydrogen-bond acceptors (Lipinski definition) is 4. The van der Waals surface area contributed by atoms with Crippen molar-refractivity contribution in [3.8, 4) is 0 Å². The topological polar surface area (TPSA) is 56.3 Å². The summed E-state index contributed by atoms with van der Waals surface area (Å²) in [6, 6.07) is 0.627. The highest BCUT2D eigenvalue weighted by atomic mass is 16.5. The van der Waals surface area contributed by atoms with Gasteiger partial charge in [0.25, 0.3) is 0 Å². The Bertz CT molecular complexity index is 362. The fourth-order valence-corrected chi connectivity index (χ4v) is 2.36. The molecule has 0 aromatic carbocycles. The number of rotatable bonds is 7. The maximum Gasteiger partial charge on any atom is 0.0641 e. The van der Waals surface area contributed by atoms with Crippen LogP contribution in [0.3, 0.4) is 0 Å². The lowest BCUT2D eigenvalue weighted by molar-refractivity contribution is 0.0977. The molecular weight excluding hydrogens is 228 g/mol. The Labute approximate surface area is 110 Å². The lowest BCUT2D eigenvalue weighted by atomic mass is 10.0. The number of nitrogens with two attached hydrogens (primary N) is 1. The third-order valence-corrected chi connectivity index (χ3v) is 3.25. The summed E-state index contributed by atoms with van der Waals surface area (Å²) in [5.41, 5.74) is 8.24. The molecule has 0 aliphatic heterocycles. The maximum absolute atomic E-state index is 5.97. The summed E-state index contributed by atoms with van der Waals surface area (Å²) in [6.45, 7) is 8.59. The number of methoxy groups -OCH3 is 1. The molecule has 0 spiro atoms. The van der Waals surface area contributed by atoms with Gasteiger partial charge in [0.1, 0.15) is 0 Å². The second kappa shape index (κ2) is 6.87. The minimum atomic E-state index is 0.203. The van der Waals surface area contributed by atoms with Gasteiger partial charge in [-0.3, -0.25) is 9.58 Å². The summed E-state index contributed by atoms with van der Waals surface area (Å²) < 4.78 is 7.03. The van der Waals surface area contributed by atoms with Crippen LogP contribution in [0.5, 0.6) is 0 Å². The zero-order valence-electron chi connectivity index (χ0n) is 12.2. The Morgan fingerprint density at radius 3 is 2.56 bits per heavy atom. The van der Waals surface area contributed by atoms with E-state index in [4.69, 9.17) is 10.5 Å². The molecule has 18 heavy (non-hydrogen) atoms. The van der Waals surface area contributed by atoms with E-state index in [1.54, 1.807) is 7.11 Å². The second-order valence-corrected chi connectivity index (χ2v) is 4.92. The van der Waals surface area contributed by atoms with Crippen LogP contribution in [0.25, 0.3) is 0 Å². The molecule has 1 unspecified atom stereocenters. The van der Waals surface area contributed by atoms with E-state index in [0.29, 0.717) is 19.2 Å². The van der Waals surface area contributed by atoms with Gasteiger partial charge in [-0.1, -0.05) is 0 Å². The minimum absolute atomic E-state index is 0.203. The van der Waals surface area contributed by atoms with E-state index >= 15 is 0 Å². The highest BCUT2D eigenvalue weighted by molar-refractivity contribution is 5.20. The van der Waals surface area contributed by atoms with Crippen molar-refractivity contribution in [2.45, 2.75) is 32.9 Å². The number of aromatic nitrogens is 2. The summed E-state index contributed by atoms with van der Waals surface area (Å²) in [7, 11) is 3.67. The van der Waals surface area contributed by atoms with Crippen LogP contribution in [0, 0.1) is 6.92 Å². The molecule has 0 amide bonds. The number of ether oxygens (including phenoxy) is 1. The van der Waals surface area contributed by atoms with E-state index in [1.807, 2.05) is 18.7 Å². The molecule has 2 N–H and O–H groups in total. The van der Waals surface area contributed by atoms with Gasteiger partial charge in [0.05, 0.1) is 18.3 Å². The summed E-state index contributed by atoms with van der Waals surface area (Å²) in [5, 5.41) is 4.41. The van der Waals surface area contributed by atoms with E-state index in [1.165, 1.54) is 5.56 Å². The van der Waals surface area contributed by atoms with Crippen LogP contribution < -0.4 is 5.73 Å². The predicted octanol–water partition coefficient (Wildman–Crippen LogP) is 1.09. The first kappa shape index (κ1) is 15.1. The molecule has 0 bridgehead atoms. The molecule has 0 saturated heterocycles. The van der Waals surface area contributed by atoms with Gasteiger partial charge < -0.3 is 10.5 Å². The van der Waals surface area contributed by atoms with Gasteiger partial charge in [0, 0.05) is 45.0 Å². The highest BCUT2D eigenvalue weighted by Crippen LogP contribution is 2.24. The summed E-state index contributed by atoms with van der Waals surface area (Å²) in [4.78, 5) is 2.37. The minimum Gasteiger partial charge on any atom is -0.383 e. The van der Waals surface area contributed by atoms with Crippen molar-refractivity contribution in [1.29, 1.82) is 0 Å². The monoisotopic (exact) mass is 254 g/mol. The normalized spacial score (nSPS) is 13.6. The van der Waals surface area contributed by atoms with Crippen LogP contribution in [0.1, 0.15) is 31.1 Å². The second-order valence-electron chi connectivity index (χ2n) is 4.92. The van der Waals surface area contributed by atoms with Gasteiger partial charge in [-0.25, -0.2) is 0 Å². The van der Waals surface area contributed by atoms with Gasteiger partial charge in [-0.2, -0.15) is 5.10 Å². The molecule has 1 rings (SSSR count). The van der Waals surface area contributed by atoms with E-state index in [0.717, 1.165) is 12.2 Å². The third-order valence-electron chi connectivity index (χ3n) is 3.25. The van der Waals surface area contributed by atoms with Crippen molar-refractivity contribution in [2.75, 3.05) is 26.8 Å². The number of aryl methyl sites for hydroxylation is 2. The van der Waals surface area contributed by atoms with Crippen LogP contribution in [0.4, 0.5) is 0 Å². The van der Waals surface area contributed by atoms with Gasteiger partial charge in [0.15, 0.2) is 0 Å². The maximum atomic E-state index is 5.97. The molecule has 1 heterocycles. The van der Waals surface area contributed by atoms with Crippen LogP contribution in [0.2, 0.25) is 0 Å². The molecule has 0 radical (unpaired) electrons. The van der Waals surface area contributed by atoms with Gasteiger partial charge in [-0.15, -0.1) is 0 Å². The molecule has 1 aromatic heterocycles. The molecular formula is C13H26N4O. The summed E-state index contributed by atoms with van der Waals surface area (Å²) in [5.74, 6) is 0. The average Bonchev–Trinajstić information content (AvgIpc) is 2.63. The van der Waals surface area contributed by atoms with Gasteiger partial charge in [0.2, 0.25) is 0 Å². The Morgan fingerprint density at radius 1 is 1.50 bits per heavy atom. The quantitative estimate of drug-likeness (QED) is 0.791. The van der Waals surface area contributed by atoms with E-state index in [2.05, 4.69) is 30.0 Å². The van der Waals surface area contributed by atoms with Crippen molar-refractivity contribution in [1.82, 2.24) is 14.7 Å². The highest BCUT2D eigenvalue weighted by Gasteiger charge is 2.24. The van der Waals surface area contributed by atoms with E-state index in [9.17, 15) is 0 Å². The lowest BCUT2D eigenvalue weighted by Gasteiger charge is -2.34. The SMILES string of the molecule is COCCN(C(C)C)C(CN)c1cn(C)nc1C. The molecule has 0 saturated carbocycles. The predicted molar refractivity (Wildman–Crippen MR) is 73.5 cm³/mol. The first-order chi connectivity index (χ1) is 8.51. The Hall–Kier alpha value is -0.910. The van der Waals surface area contributed by atoms with Crippen LogP contribution in [-0.2, 0) is 11.8 Å². The molecule has 104 valence electrons. The smallest absolute Gasteiger partial charge is 0.0641 e. The Kier molecular flexibility index (Phi) is 5.78. The van der Waals surface area contributed by atoms with Gasteiger partial charge >= 0.3 is 0 Å². The first-order valence-corrected chi connectivity index (χ1v) is 6.46. The zero-order chi connectivity index (χ0) is 13.7. The lowest BCUT2D eigenvalue weighted by Crippen LogP contribution is -2.40. The zero-order valence-corrected chi connectivity index (χ0v) is 12.2. The van der Waals surface area contributed by atoms with Crippen molar-refractivity contribution in [3.63, 3.8) is 0 Å². The molecule has 5 heteroatoms. The number of hydrogen-bond donors (Lipinski definition) is 1.